The average Bonchev–Trinajstić information content (AvgIpc) is 2.75. The first-order valence-electron chi connectivity index (χ1n) is 11.1. The fraction of sp³-hybridized carbons (Fsp3) is 0.357. The van der Waals surface area contributed by atoms with Crippen molar-refractivity contribution in [3.8, 4) is 17.2 Å². The van der Waals surface area contributed by atoms with Crippen molar-refractivity contribution >= 4 is 0 Å². The van der Waals surface area contributed by atoms with Gasteiger partial charge < -0.3 is 9.47 Å². The molecule has 0 heterocycles. The van der Waals surface area contributed by atoms with Gasteiger partial charge in [0.1, 0.15) is 17.2 Å². The van der Waals surface area contributed by atoms with Gasteiger partial charge in [-0.2, -0.15) is 0 Å². The van der Waals surface area contributed by atoms with Crippen LogP contribution in [0.3, 0.4) is 0 Å². The SMILES string of the molecule is CCOc1ccc(C(C)(CCCc2cccc(Oc3ccccc3)c2)C(C)C)cc1. The number of hydrogen-bond donors (Lipinski definition) is 0. The first-order valence-corrected chi connectivity index (χ1v) is 11.1. The third kappa shape index (κ3) is 5.66. The molecule has 0 radical (unpaired) electrons. The van der Waals surface area contributed by atoms with Crippen LogP contribution in [0.5, 0.6) is 17.2 Å². The van der Waals surface area contributed by atoms with E-state index in [1.807, 2.05) is 43.3 Å². The van der Waals surface area contributed by atoms with Gasteiger partial charge in [-0.3, -0.25) is 0 Å². The molecule has 3 aromatic rings. The van der Waals surface area contributed by atoms with Crippen LogP contribution in [0.4, 0.5) is 0 Å². The molecule has 3 aromatic carbocycles. The van der Waals surface area contributed by atoms with Crippen LogP contribution in [0.25, 0.3) is 0 Å². The average molecular weight is 403 g/mol. The van der Waals surface area contributed by atoms with Crippen molar-refractivity contribution in [2.24, 2.45) is 5.92 Å². The summed E-state index contributed by atoms with van der Waals surface area (Å²) < 4.78 is 11.6. The van der Waals surface area contributed by atoms with Crippen LogP contribution in [0.1, 0.15) is 51.7 Å². The van der Waals surface area contributed by atoms with E-state index in [-0.39, 0.29) is 5.41 Å². The largest absolute Gasteiger partial charge is 0.494 e. The molecule has 2 nitrogen and oxygen atoms in total. The highest BCUT2D eigenvalue weighted by Crippen LogP contribution is 2.37. The fourth-order valence-electron chi connectivity index (χ4n) is 3.91. The molecule has 3 rings (SSSR count). The van der Waals surface area contributed by atoms with E-state index in [1.165, 1.54) is 11.1 Å². The molecular weight excluding hydrogens is 368 g/mol. The van der Waals surface area contributed by atoms with Crippen LogP contribution in [0.15, 0.2) is 78.9 Å². The summed E-state index contributed by atoms with van der Waals surface area (Å²) in [4.78, 5) is 0. The van der Waals surface area contributed by atoms with Crippen molar-refractivity contribution < 1.29 is 9.47 Å². The van der Waals surface area contributed by atoms with Gasteiger partial charge in [-0.05, 0) is 85.0 Å². The number of ether oxygens (including phenoxy) is 2. The maximum atomic E-state index is 5.99. The molecule has 2 heteroatoms. The lowest BCUT2D eigenvalue weighted by molar-refractivity contribution is 0.305. The summed E-state index contributed by atoms with van der Waals surface area (Å²) in [7, 11) is 0. The summed E-state index contributed by atoms with van der Waals surface area (Å²) in [5.41, 5.74) is 2.85. The van der Waals surface area contributed by atoms with Gasteiger partial charge in [-0.1, -0.05) is 63.2 Å². The van der Waals surface area contributed by atoms with Crippen LogP contribution >= 0.6 is 0 Å². The maximum Gasteiger partial charge on any atom is 0.127 e. The predicted molar refractivity (Wildman–Crippen MR) is 126 cm³/mol. The van der Waals surface area contributed by atoms with Crippen molar-refractivity contribution in [3.63, 3.8) is 0 Å². The first-order chi connectivity index (χ1) is 14.5. The molecule has 0 fully saturated rings. The highest BCUT2D eigenvalue weighted by molar-refractivity contribution is 5.35. The zero-order chi connectivity index (χ0) is 21.4. The normalized spacial score (nSPS) is 13.1. The number of rotatable bonds is 10. The van der Waals surface area contributed by atoms with Crippen LogP contribution < -0.4 is 9.47 Å². The van der Waals surface area contributed by atoms with Gasteiger partial charge in [0.25, 0.3) is 0 Å². The molecule has 0 N–H and O–H groups in total. The van der Waals surface area contributed by atoms with Crippen molar-refractivity contribution in [3.05, 3.63) is 90.0 Å². The summed E-state index contributed by atoms with van der Waals surface area (Å²) in [5, 5.41) is 0. The fourth-order valence-corrected chi connectivity index (χ4v) is 3.91. The highest BCUT2D eigenvalue weighted by atomic mass is 16.5. The second kappa shape index (κ2) is 10.3. The number of hydrogen-bond acceptors (Lipinski definition) is 2. The van der Waals surface area contributed by atoms with E-state index in [0.29, 0.717) is 12.5 Å². The lowest BCUT2D eigenvalue weighted by Crippen LogP contribution is -2.28. The molecule has 0 amide bonds. The molecule has 1 unspecified atom stereocenters. The van der Waals surface area contributed by atoms with Crippen LogP contribution in [-0.2, 0) is 11.8 Å². The lowest BCUT2D eigenvalue weighted by Gasteiger charge is -2.35. The van der Waals surface area contributed by atoms with Crippen molar-refractivity contribution in [2.75, 3.05) is 6.61 Å². The quantitative estimate of drug-likeness (QED) is 0.344. The van der Waals surface area contributed by atoms with Gasteiger partial charge in [0.2, 0.25) is 0 Å². The summed E-state index contributed by atoms with van der Waals surface area (Å²) in [6.07, 6.45) is 3.32. The zero-order valence-corrected chi connectivity index (χ0v) is 18.7. The molecule has 0 aliphatic rings. The van der Waals surface area contributed by atoms with Gasteiger partial charge in [-0.15, -0.1) is 0 Å². The van der Waals surface area contributed by atoms with Crippen molar-refractivity contribution in [2.45, 2.75) is 52.4 Å². The molecule has 158 valence electrons. The summed E-state index contributed by atoms with van der Waals surface area (Å²) in [5.74, 6) is 3.28. The Kier molecular flexibility index (Phi) is 7.57. The van der Waals surface area contributed by atoms with Crippen molar-refractivity contribution in [1.82, 2.24) is 0 Å². The molecule has 0 saturated heterocycles. The van der Waals surface area contributed by atoms with Gasteiger partial charge in [0.15, 0.2) is 0 Å². The predicted octanol–water partition coefficient (Wildman–Crippen LogP) is 7.81. The Labute approximate surface area is 181 Å². The smallest absolute Gasteiger partial charge is 0.127 e. The van der Waals surface area contributed by atoms with Crippen LogP contribution in [-0.4, -0.2) is 6.61 Å². The first kappa shape index (κ1) is 22.0. The molecule has 0 saturated carbocycles. The molecule has 0 aliphatic carbocycles. The Balaban J connectivity index is 1.63. The highest BCUT2D eigenvalue weighted by Gasteiger charge is 2.29. The molecule has 0 aliphatic heterocycles. The lowest BCUT2D eigenvalue weighted by atomic mass is 9.70. The van der Waals surface area contributed by atoms with E-state index < -0.39 is 0 Å². The van der Waals surface area contributed by atoms with E-state index in [2.05, 4.69) is 63.2 Å². The van der Waals surface area contributed by atoms with Gasteiger partial charge in [-0.25, -0.2) is 0 Å². The van der Waals surface area contributed by atoms with E-state index in [9.17, 15) is 0 Å². The Morgan fingerprint density at radius 2 is 1.50 bits per heavy atom. The van der Waals surface area contributed by atoms with E-state index in [1.54, 1.807) is 0 Å². The Morgan fingerprint density at radius 1 is 0.800 bits per heavy atom. The molecule has 0 aromatic heterocycles. The summed E-state index contributed by atoms with van der Waals surface area (Å²) >= 11 is 0. The van der Waals surface area contributed by atoms with E-state index in [4.69, 9.17) is 9.47 Å². The van der Waals surface area contributed by atoms with Crippen molar-refractivity contribution in [1.29, 1.82) is 0 Å². The minimum Gasteiger partial charge on any atom is -0.494 e. The molecule has 1 atom stereocenters. The monoisotopic (exact) mass is 402 g/mol. The van der Waals surface area contributed by atoms with Crippen LogP contribution in [0.2, 0.25) is 0 Å². The minimum absolute atomic E-state index is 0.142. The Morgan fingerprint density at radius 3 is 2.17 bits per heavy atom. The molecular formula is C28H34O2. The maximum absolute atomic E-state index is 5.99. The molecule has 30 heavy (non-hydrogen) atoms. The zero-order valence-electron chi connectivity index (χ0n) is 18.7. The van der Waals surface area contributed by atoms with Gasteiger partial charge >= 0.3 is 0 Å². The number of benzene rings is 3. The molecule has 0 bridgehead atoms. The Hall–Kier alpha value is -2.74. The Bertz CT molecular complexity index is 899. The number of aryl methyl sites for hydroxylation is 1. The van der Waals surface area contributed by atoms with Gasteiger partial charge in [0.05, 0.1) is 6.61 Å². The third-order valence-corrected chi connectivity index (χ3v) is 6.14. The standard InChI is InChI=1S/C28H34O2/c1-5-29-25-18-16-24(17-19-25)28(4,22(2)3)20-10-12-23-11-9-15-27(21-23)30-26-13-7-6-8-14-26/h6-9,11,13-19,21-22H,5,10,12,20H2,1-4H3. The second-order valence-electron chi connectivity index (χ2n) is 8.45. The second-order valence-corrected chi connectivity index (χ2v) is 8.45. The molecule has 0 spiro atoms. The third-order valence-electron chi connectivity index (χ3n) is 6.14. The van der Waals surface area contributed by atoms with Crippen LogP contribution in [0, 0.1) is 5.92 Å². The summed E-state index contributed by atoms with van der Waals surface area (Å²) in [6.45, 7) is 9.76. The van der Waals surface area contributed by atoms with E-state index in [0.717, 1.165) is 36.5 Å². The minimum atomic E-state index is 0.142. The van der Waals surface area contributed by atoms with E-state index >= 15 is 0 Å². The summed E-state index contributed by atoms with van der Waals surface area (Å²) in [6, 6.07) is 27.1. The topological polar surface area (TPSA) is 18.5 Å². The van der Waals surface area contributed by atoms with Gasteiger partial charge in [0, 0.05) is 0 Å². The number of para-hydroxylation sites is 1.